The number of ether oxygens (including phenoxy) is 1. The molecule has 9 heteroatoms. The average Bonchev–Trinajstić information content (AvgIpc) is 3.39. The van der Waals surface area contributed by atoms with Crippen LogP contribution in [0.25, 0.3) is 10.7 Å². The van der Waals surface area contributed by atoms with Gasteiger partial charge in [-0.2, -0.15) is 4.98 Å². The van der Waals surface area contributed by atoms with Gasteiger partial charge in [0.15, 0.2) is 0 Å². The number of aromatic nitrogens is 2. The lowest BCUT2D eigenvalue weighted by Gasteiger charge is -2.29. The van der Waals surface area contributed by atoms with Gasteiger partial charge < -0.3 is 19.5 Å². The van der Waals surface area contributed by atoms with Crippen LogP contribution in [0.4, 0.5) is 15.8 Å². The normalized spacial score (nSPS) is 14.2. The SMILES string of the molecule is O=C(CCc1nc(-c2cccs2)no1)Nc1ccc(N2CCOCC2)c(F)c1. The second-order valence-corrected chi connectivity index (χ2v) is 7.25. The van der Waals surface area contributed by atoms with Crippen LogP contribution < -0.4 is 10.2 Å². The molecule has 0 unspecified atom stereocenters. The number of hydrogen-bond donors (Lipinski definition) is 1. The van der Waals surface area contributed by atoms with Gasteiger partial charge in [-0.3, -0.25) is 4.79 Å². The fraction of sp³-hybridized carbons (Fsp3) is 0.316. The Morgan fingerprint density at radius 2 is 2.14 bits per heavy atom. The van der Waals surface area contributed by atoms with Crippen molar-refractivity contribution in [3.8, 4) is 10.7 Å². The Balaban J connectivity index is 1.32. The van der Waals surface area contributed by atoms with Gasteiger partial charge in [0.05, 0.1) is 23.8 Å². The third kappa shape index (κ3) is 4.37. The molecule has 1 N–H and O–H groups in total. The Morgan fingerprint density at radius 3 is 2.89 bits per heavy atom. The molecule has 1 aromatic carbocycles. The number of halogens is 1. The Morgan fingerprint density at radius 1 is 1.29 bits per heavy atom. The van der Waals surface area contributed by atoms with E-state index in [1.165, 1.54) is 17.4 Å². The van der Waals surface area contributed by atoms with Gasteiger partial charge in [-0.1, -0.05) is 11.2 Å². The molecule has 4 rings (SSSR count). The second kappa shape index (κ2) is 8.49. The molecular weight excluding hydrogens is 383 g/mol. The van der Waals surface area contributed by atoms with Crippen molar-refractivity contribution in [2.45, 2.75) is 12.8 Å². The molecule has 0 atom stereocenters. The first kappa shape index (κ1) is 18.6. The highest BCUT2D eigenvalue weighted by atomic mass is 32.1. The molecule has 3 heterocycles. The standard InChI is InChI=1S/C19H19FN4O3S/c20-14-12-13(3-4-15(14)24-7-9-26-10-8-24)21-17(25)5-6-18-22-19(23-27-18)16-2-1-11-28-16/h1-4,11-12H,5-10H2,(H,21,25). The molecule has 0 radical (unpaired) electrons. The minimum absolute atomic E-state index is 0.166. The van der Waals surface area contributed by atoms with Crippen LogP contribution in [0.15, 0.2) is 40.2 Å². The summed E-state index contributed by atoms with van der Waals surface area (Å²) in [4.78, 5) is 19.3. The van der Waals surface area contributed by atoms with Gasteiger partial charge in [-0.25, -0.2) is 4.39 Å². The maximum absolute atomic E-state index is 14.4. The van der Waals surface area contributed by atoms with E-state index < -0.39 is 0 Å². The zero-order chi connectivity index (χ0) is 19.3. The van der Waals surface area contributed by atoms with Gasteiger partial charge in [0.1, 0.15) is 5.82 Å². The minimum atomic E-state index is -0.364. The lowest BCUT2D eigenvalue weighted by Crippen LogP contribution is -2.36. The van der Waals surface area contributed by atoms with E-state index in [1.807, 2.05) is 22.4 Å². The Bertz CT molecular complexity index is 939. The van der Waals surface area contributed by atoms with Gasteiger partial charge in [0.2, 0.25) is 17.6 Å². The predicted octanol–water partition coefficient (Wildman–Crippen LogP) is 3.35. The van der Waals surface area contributed by atoms with E-state index in [0.717, 1.165) is 4.88 Å². The number of carbonyl (C=O) groups is 1. The quantitative estimate of drug-likeness (QED) is 0.681. The van der Waals surface area contributed by atoms with E-state index in [2.05, 4.69) is 15.5 Å². The summed E-state index contributed by atoms with van der Waals surface area (Å²) < 4.78 is 24.9. The summed E-state index contributed by atoms with van der Waals surface area (Å²) in [5.41, 5.74) is 0.942. The molecule has 0 saturated carbocycles. The van der Waals surface area contributed by atoms with E-state index in [0.29, 0.717) is 55.8 Å². The Kier molecular flexibility index (Phi) is 5.63. The van der Waals surface area contributed by atoms with Crippen LogP contribution in [0.2, 0.25) is 0 Å². The first-order chi connectivity index (χ1) is 13.7. The Hall–Kier alpha value is -2.78. The molecule has 1 amide bonds. The topological polar surface area (TPSA) is 80.5 Å². The van der Waals surface area contributed by atoms with Crippen molar-refractivity contribution >= 4 is 28.6 Å². The summed E-state index contributed by atoms with van der Waals surface area (Å²) >= 11 is 1.52. The van der Waals surface area contributed by atoms with Crippen LogP contribution in [0, 0.1) is 5.82 Å². The van der Waals surface area contributed by atoms with E-state index in [4.69, 9.17) is 9.26 Å². The summed E-state index contributed by atoms with van der Waals surface area (Å²) in [7, 11) is 0. The van der Waals surface area contributed by atoms with Crippen LogP contribution >= 0.6 is 11.3 Å². The number of rotatable bonds is 6. The maximum atomic E-state index is 14.4. The van der Waals surface area contributed by atoms with Crippen molar-refractivity contribution in [1.82, 2.24) is 10.1 Å². The molecule has 0 spiro atoms. The molecule has 7 nitrogen and oxygen atoms in total. The van der Waals surface area contributed by atoms with Crippen molar-refractivity contribution in [2.75, 3.05) is 36.5 Å². The first-order valence-electron chi connectivity index (χ1n) is 8.97. The monoisotopic (exact) mass is 402 g/mol. The third-order valence-electron chi connectivity index (χ3n) is 4.36. The number of nitrogens with zero attached hydrogens (tertiary/aromatic N) is 3. The number of morpholine rings is 1. The molecule has 1 saturated heterocycles. The van der Waals surface area contributed by atoms with Gasteiger partial charge in [-0.05, 0) is 29.6 Å². The molecule has 0 bridgehead atoms. The van der Waals surface area contributed by atoms with Crippen LogP contribution in [-0.4, -0.2) is 42.4 Å². The van der Waals surface area contributed by atoms with Crippen LogP contribution in [-0.2, 0) is 16.0 Å². The average molecular weight is 402 g/mol. The molecule has 0 aliphatic carbocycles. The number of benzene rings is 1. The number of nitrogens with one attached hydrogen (secondary N) is 1. The fourth-order valence-corrected chi connectivity index (χ4v) is 3.60. The molecule has 1 aliphatic heterocycles. The van der Waals surface area contributed by atoms with Gasteiger partial charge >= 0.3 is 0 Å². The molecular formula is C19H19FN4O3S. The number of carbonyl (C=O) groups excluding carboxylic acids is 1. The van der Waals surface area contributed by atoms with Crippen LogP contribution in [0.3, 0.4) is 0 Å². The number of hydrogen-bond acceptors (Lipinski definition) is 7. The second-order valence-electron chi connectivity index (χ2n) is 6.30. The molecule has 2 aromatic heterocycles. The van der Waals surface area contributed by atoms with Crippen molar-refractivity contribution in [1.29, 1.82) is 0 Å². The molecule has 1 fully saturated rings. The summed E-state index contributed by atoms with van der Waals surface area (Å²) in [6, 6.07) is 8.54. The van der Waals surface area contributed by atoms with Crippen molar-refractivity contribution in [3.05, 3.63) is 47.4 Å². The highest BCUT2D eigenvalue weighted by molar-refractivity contribution is 7.13. The number of anilines is 2. The largest absolute Gasteiger partial charge is 0.378 e. The lowest BCUT2D eigenvalue weighted by atomic mass is 10.2. The predicted molar refractivity (Wildman–Crippen MR) is 104 cm³/mol. The summed E-state index contributed by atoms with van der Waals surface area (Å²) in [6.45, 7) is 2.48. The number of aryl methyl sites for hydroxylation is 1. The zero-order valence-corrected chi connectivity index (χ0v) is 15.9. The van der Waals surface area contributed by atoms with E-state index in [1.54, 1.807) is 12.1 Å². The fourth-order valence-electron chi connectivity index (χ4n) is 2.95. The maximum Gasteiger partial charge on any atom is 0.227 e. The molecule has 28 heavy (non-hydrogen) atoms. The van der Waals surface area contributed by atoms with E-state index in [9.17, 15) is 9.18 Å². The van der Waals surface area contributed by atoms with Gasteiger partial charge in [0, 0.05) is 31.6 Å². The molecule has 146 valence electrons. The molecule has 3 aromatic rings. The van der Waals surface area contributed by atoms with Crippen molar-refractivity contribution in [3.63, 3.8) is 0 Å². The number of amides is 1. The summed E-state index contributed by atoms with van der Waals surface area (Å²) in [5, 5.41) is 8.56. The third-order valence-corrected chi connectivity index (χ3v) is 5.22. The number of thiophene rings is 1. The van der Waals surface area contributed by atoms with Gasteiger partial charge in [0.25, 0.3) is 0 Å². The lowest BCUT2D eigenvalue weighted by molar-refractivity contribution is -0.116. The van der Waals surface area contributed by atoms with Crippen LogP contribution in [0.1, 0.15) is 12.3 Å². The van der Waals surface area contributed by atoms with Crippen molar-refractivity contribution in [2.24, 2.45) is 0 Å². The van der Waals surface area contributed by atoms with Gasteiger partial charge in [-0.15, -0.1) is 11.3 Å². The highest BCUT2D eigenvalue weighted by Crippen LogP contribution is 2.24. The molecule has 1 aliphatic rings. The van der Waals surface area contributed by atoms with E-state index in [-0.39, 0.29) is 18.1 Å². The summed E-state index contributed by atoms with van der Waals surface area (Å²) in [6.07, 6.45) is 0.484. The van der Waals surface area contributed by atoms with E-state index >= 15 is 0 Å². The highest BCUT2D eigenvalue weighted by Gasteiger charge is 2.16. The smallest absolute Gasteiger partial charge is 0.227 e. The first-order valence-corrected chi connectivity index (χ1v) is 9.85. The Labute approximate surface area is 165 Å². The van der Waals surface area contributed by atoms with Crippen LogP contribution in [0.5, 0.6) is 0 Å². The summed E-state index contributed by atoms with van der Waals surface area (Å²) in [5.74, 6) is 0.310. The van der Waals surface area contributed by atoms with Crippen molar-refractivity contribution < 1.29 is 18.4 Å². The zero-order valence-electron chi connectivity index (χ0n) is 15.1. The minimum Gasteiger partial charge on any atom is -0.378 e.